The third kappa shape index (κ3) is 1.86. The molecular weight excluding hydrogens is 252 g/mol. The molecule has 2 aliphatic rings. The van der Waals surface area contributed by atoms with E-state index in [1.54, 1.807) is 0 Å². The second kappa shape index (κ2) is 4.05. The van der Waals surface area contributed by atoms with Gasteiger partial charge in [0.05, 0.1) is 23.7 Å². The lowest BCUT2D eigenvalue weighted by molar-refractivity contribution is 0.0405. The highest BCUT2D eigenvalue weighted by Crippen LogP contribution is 2.43. The molecule has 1 fully saturated rings. The summed E-state index contributed by atoms with van der Waals surface area (Å²) in [6.07, 6.45) is -0.854. The number of rotatable bonds is 1. The van der Waals surface area contributed by atoms with Crippen LogP contribution in [-0.2, 0) is 16.3 Å². The van der Waals surface area contributed by atoms with Gasteiger partial charge in [-0.2, -0.15) is 0 Å². The Labute approximate surface area is 106 Å². The van der Waals surface area contributed by atoms with Crippen LogP contribution < -0.4 is 0 Å². The van der Waals surface area contributed by atoms with Crippen molar-refractivity contribution >= 4 is 9.84 Å². The van der Waals surface area contributed by atoms with Crippen LogP contribution in [0.3, 0.4) is 0 Å². The smallest absolute Gasteiger partial charge is 0.153 e. The summed E-state index contributed by atoms with van der Waals surface area (Å²) >= 11 is 0. The Balaban J connectivity index is 1.89. The molecule has 4 unspecified atom stereocenters. The van der Waals surface area contributed by atoms with E-state index in [4.69, 9.17) is 0 Å². The van der Waals surface area contributed by atoms with Crippen molar-refractivity contribution in [1.29, 1.82) is 0 Å². The molecule has 1 aliphatic heterocycles. The van der Waals surface area contributed by atoms with E-state index in [2.05, 4.69) is 0 Å². The van der Waals surface area contributed by atoms with E-state index in [9.17, 15) is 18.6 Å². The number of benzene rings is 1. The number of sulfone groups is 1. The first-order chi connectivity index (χ1) is 8.48. The number of fused-ring (bicyclic) bond motifs is 1. The lowest BCUT2D eigenvalue weighted by atomic mass is 9.86. The molecule has 2 N–H and O–H groups in total. The predicted octanol–water partition coefficient (Wildman–Crippen LogP) is 0.298. The van der Waals surface area contributed by atoms with Gasteiger partial charge in [0.25, 0.3) is 0 Å². The molecule has 4 atom stereocenters. The fourth-order valence-corrected chi connectivity index (χ4v) is 5.21. The molecule has 0 amide bonds. The van der Waals surface area contributed by atoms with Gasteiger partial charge < -0.3 is 10.2 Å². The fourth-order valence-electron chi connectivity index (χ4n) is 3.26. The molecule has 18 heavy (non-hydrogen) atoms. The van der Waals surface area contributed by atoms with Gasteiger partial charge in [-0.15, -0.1) is 0 Å². The highest BCUT2D eigenvalue weighted by atomic mass is 32.2. The maximum absolute atomic E-state index is 11.5. The van der Waals surface area contributed by atoms with Crippen LogP contribution in [0.25, 0.3) is 0 Å². The minimum absolute atomic E-state index is 0.0100. The minimum atomic E-state index is -3.15. The third-order valence-corrected chi connectivity index (χ3v) is 5.89. The summed E-state index contributed by atoms with van der Waals surface area (Å²) in [6.45, 7) is 0. The lowest BCUT2D eigenvalue weighted by Crippen LogP contribution is -2.29. The van der Waals surface area contributed by atoms with E-state index in [0.29, 0.717) is 6.42 Å². The van der Waals surface area contributed by atoms with Crippen molar-refractivity contribution in [1.82, 2.24) is 0 Å². The van der Waals surface area contributed by atoms with E-state index in [1.165, 1.54) is 0 Å². The molecule has 0 spiro atoms. The Morgan fingerprint density at radius 2 is 1.78 bits per heavy atom. The molecular formula is C13H16O4S. The summed E-state index contributed by atoms with van der Waals surface area (Å²) in [5, 5.41) is 20.2. The summed E-state index contributed by atoms with van der Waals surface area (Å²) in [5.41, 5.74) is 1.94. The van der Waals surface area contributed by atoms with Gasteiger partial charge >= 0.3 is 0 Å². The second-order valence-electron chi connectivity index (χ2n) is 5.32. The molecule has 1 saturated heterocycles. The molecule has 5 heteroatoms. The summed E-state index contributed by atoms with van der Waals surface area (Å²) in [5.74, 6) is -0.715. The quantitative estimate of drug-likeness (QED) is 0.768. The molecule has 1 aromatic rings. The average Bonchev–Trinajstić information content (AvgIpc) is 2.77. The first-order valence-corrected chi connectivity index (χ1v) is 7.94. The summed E-state index contributed by atoms with van der Waals surface area (Å²) in [4.78, 5) is 0. The van der Waals surface area contributed by atoms with Crippen molar-refractivity contribution < 1.29 is 18.6 Å². The van der Waals surface area contributed by atoms with Crippen LogP contribution in [-0.4, -0.2) is 36.2 Å². The second-order valence-corrected chi connectivity index (χ2v) is 7.47. The summed E-state index contributed by atoms with van der Waals surface area (Å²) in [7, 11) is -3.15. The van der Waals surface area contributed by atoms with Crippen LogP contribution in [0, 0.1) is 11.8 Å². The van der Waals surface area contributed by atoms with Crippen molar-refractivity contribution in [2.75, 3.05) is 11.5 Å². The third-order valence-electron chi connectivity index (χ3n) is 4.15. The summed E-state index contributed by atoms with van der Waals surface area (Å²) in [6, 6.07) is 7.60. The van der Waals surface area contributed by atoms with Crippen molar-refractivity contribution in [3.63, 3.8) is 0 Å². The lowest BCUT2D eigenvalue weighted by Gasteiger charge is -2.23. The molecule has 0 bridgehead atoms. The van der Waals surface area contributed by atoms with Gasteiger partial charge in [-0.05, 0) is 23.5 Å². The van der Waals surface area contributed by atoms with Crippen molar-refractivity contribution in [2.24, 2.45) is 11.8 Å². The van der Waals surface area contributed by atoms with Gasteiger partial charge in [-0.25, -0.2) is 8.42 Å². The highest BCUT2D eigenvalue weighted by Gasteiger charge is 2.46. The molecule has 1 heterocycles. The Morgan fingerprint density at radius 3 is 2.39 bits per heavy atom. The molecule has 3 rings (SSSR count). The van der Waals surface area contributed by atoms with E-state index < -0.39 is 22.0 Å². The fraction of sp³-hybridized carbons (Fsp3) is 0.538. The molecule has 1 aromatic carbocycles. The molecule has 98 valence electrons. The molecule has 0 aromatic heterocycles. The zero-order chi connectivity index (χ0) is 12.9. The largest absolute Gasteiger partial charge is 0.392 e. The SMILES string of the molecule is O=S1(=O)CC(O)C(C2Cc3ccccc3C2O)C1. The van der Waals surface area contributed by atoms with Crippen LogP contribution in [0.2, 0.25) is 0 Å². The van der Waals surface area contributed by atoms with Gasteiger partial charge in [0.15, 0.2) is 9.84 Å². The zero-order valence-corrected chi connectivity index (χ0v) is 10.7. The van der Waals surface area contributed by atoms with Crippen molar-refractivity contribution in [2.45, 2.75) is 18.6 Å². The van der Waals surface area contributed by atoms with Crippen molar-refractivity contribution in [3.8, 4) is 0 Å². The molecule has 1 aliphatic carbocycles. The summed E-state index contributed by atoms with van der Waals surface area (Å²) < 4.78 is 23.1. The number of aliphatic hydroxyl groups excluding tert-OH is 2. The van der Waals surface area contributed by atoms with E-state index in [0.717, 1.165) is 11.1 Å². The molecule has 4 nitrogen and oxygen atoms in total. The number of hydrogen-bond acceptors (Lipinski definition) is 4. The Kier molecular flexibility index (Phi) is 2.73. The number of aliphatic hydroxyl groups is 2. The maximum atomic E-state index is 11.5. The van der Waals surface area contributed by atoms with Gasteiger partial charge in [0.2, 0.25) is 0 Å². The first kappa shape index (κ1) is 12.1. The predicted molar refractivity (Wildman–Crippen MR) is 66.7 cm³/mol. The highest BCUT2D eigenvalue weighted by molar-refractivity contribution is 7.91. The standard InChI is InChI=1S/C13H16O4S/c14-12-7-18(16,17)6-11(12)10-5-8-3-1-2-4-9(8)13(10)15/h1-4,10-15H,5-7H2. The maximum Gasteiger partial charge on any atom is 0.153 e. The van der Waals surface area contributed by atoms with Gasteiger partial charge in [-0.3, -0.25) is 0 Å². The van der Waals surface area contributed by atoms with Crippen LogP contribution in [0.15, 0.2) is 24.3 Å². The Bertz CT molecular complexity index is 566. The van der Waals surface area contributed by atoms with E-state index in [-0.39, 0.29) is 23.3 Å². The normalized spacial score (nSPS) is 37.7. The van der Waals surface area contributed by atoms with E-state index >= 15 is 0 Å². The van der Waals surface area contributed by atoms with E-state index in [1.807, 2.05) is 24.3 Å². The number of hydrogen-bond donors (Lipinski definition) is 2. The molecule has 0 saturated carbocycles. The molecule has 0 radical (unpaired) electrons. The van der Waals surface area contributed by atoms with Gasteiger partial charge in [0, 0.05) is 5.92 Å². The Morgan fingerprint density at radius 1 is 1.06 bits per heavy atom. The van der Waals surface area contributed by atoms with Crippen LogP contribution in [0.5, 0.6) is 0 Å². The van der Waals surface area contributed by atoms with Gasteiger partial charge in [-0.1, -0.05) is 24.3 Å². The van der Waals surface area contributed by atoms with Crippen LogP contribution >= 0.6 is 0 Å². The van der Waals surface area contributed by atoms with Crippen LogP contribution in [0.4, 0.5) is 0 Å². The van der Waals surface area contributed by atoms with Crippen molar-refractivity contribution in [3.05, 3.63) is 35.4 Å². The topological polar surface area (TPSA) is 74.6 Å². The van der Waals surface area contributed by atoms with Crippen LogP contribution in [0.1, 0.15) is 17.2 Å². The van der Waals surface area contributed by atoms with Gasteiger partial charge in [0.1, 0.15) is 0 Å². The average molecular weight is 268 g/mol. The first-order valence-electron chi connectivity index (χ1n) is 6.12. The zero-order valence-electron chi connectivity index (χ0n) is 9.86. The Hall–Kier alpha value is -0.910. The minimum Gasteiger partial charge on any atom is -0.392 e. The monoisotopic (exact) mass is 268 g/mol.